The molecular weight excluding hydrogens is 388 g/mol. The predicted molar refractivity (Wildman–Crippen MR) is 122 cm³/mol. The zero-order chi connectivity index (χ0) is 22.1. The molecule has 0 saturated carbocycles. The molecule has 4 aromatic rings. The fourth-order valence-electron chi connectivity index (χ4n) is 3.84. The third-order valence-electron chi connectivity index (χ3n) is 5.63. The number of amides is 1. The van der Waals surface area contributed by atoms with Crippen LogP contribution in [0.1, 0.15) is 34.1 Å². The largest absolute Gasteiger partial charge is 0.507 e. The number of carbonyl (C=O) groups is 1. The van der Waals surface area contributed by atoms with E-state index in [2.05, 4.69) is 5.10 Å². The van der Waals surface area contributed by atoms with Crippen LogP contribution in [0.2, 0.25) is 0 Å². The van der Waals surface area contributed by atoms with Gasteiger partial charge in [0.15, 0.2) is 0 Å². The van der Waals surface area contributed by atoms with E-state index >= 15 is 0 Å². The summed E-state index contributed by atoms with van der Waals surface area (Å²) in [6.07, 6.45) is 1.82. The fraction of sp³-hybridized carbons (Fsp3) is 0.240. The summed E-state index contributed by atoms with van der Waals surface area (Å²) in [5, 5.41) is 15.5. The van der Waals surface area contributed by atoms with Crippen molar-refractivity contribution < 1.29 is 9.90 Å². The Hall–Kier alpha value is -3.67. The Labute approximate surface area is 181 Å². The van der Waals surface area contributed by atoms with Crippen molar-refractivity contribution >= 4 is 16.8 Å². The van der Waals surface area contributed by atoms with E-state index in [9.17, 15) is 9.90 Å². The molecule has 0 atom stereocenters. The number of para-hydroxylation sites is 1. The zero-order valence-electron chi connectivity index (χ0n) is 18.3. The van der Waals surface area contributed by atoms with E-state index in [1.807, 2.05) is 55.9 Å². The first-order chi connectivity index (χ1) is 14.9. The molecule has 0 spiro atoms. The van der Waals surface area contributed by atoms with Gasteiger partial charge in [0.25, 0.3) is 5.91 Å². The molecule has 6 nitrogen and oxygen atoms in total. The Kier molecular flexibility index (Phi) is 5.46. The number of nitrogens with zero attached hydrogens (tertiary/aromatic N) is 4. The summed E-state index contributed by atoms with van der Waals surface area (Å²) in [6, 6.07) is 14.7. The van der Waals surface area contributed by atoms with Crippen molar-refractivity contribution in [2.24, 2.45) is 0 Å². The SMILES string of the molecule is CCn1ncc(CN(C)C(=O)c2cc(-c3ccccc3O)nc3cc(C)ccc23)c1C. The second-order valence-corrected chi connectivity index (χ2v) is 7.83. The lowest BCUT2D eigenvalue weighted by molar-refractivity contribution is 0.0787. The van der Waals surface area contributed by atoms with Gasteiger partial charge in [0.05, 0.1) is 23.0 Å². The minimum Gasteiger partial charge on any atom is -0.507 e. The molecule has 0 bridgehead atoms. The second-order valence-electron chi connectivity index (χ2n) is 7.83. The maximum absolute atomic E-state index is 13.5. The summed E-state index contributed by atoms with van der Waals surface area (Å²) in [4.78, 5) is 20.0. The number of phenolic OH excluding ortho intramolecular Hbond substituents is 1. The van der Waals surface area contributed by atoms with Gasteiger partial charge >= 0.3 is 0 Å². The Bertz CT molecular complexity index is 1280. The molecule has 2 aromatic carbocycles. The number of hydrogen-bond acceptors (Lipinski definition) is 4. The molecular formula is C25H26N4O2. The molecule has 4 rings (SSSR count). The van der Waals surface area contributed by atoms with E-state index < -0.39 is 0 Å². The number of aryl methyl sites for hydroxylation is 2. The molecule has 0 radical (unpaired) electrons. The van der Waals surface area contributed by atoms with E-state index in [0.717, 1.165) is 34.3 Å². The quantitative estimate of drug-likeness (QED) is 0.513. The molecule has 1 N–H and O–H groups in total. The van der Waals surface area contributed by atoms with Crippen LogP contribution in [0.3, 0.4) is 0 Å². The number of aromatic nitrogens is 3. The molecule has 0 unspecified atom stereocenters. The van der Waals surface area contributed by atoms with Crippen LogP contribution in [0.5, 0.6) is 5.75 Å². The maximum atomic E-state index is 13.5. The second kappa shape index (κ2) is 8.22. The minimum atomic E-state index is -0.100. The smallest absolute Gasteiger partial charge is 0.254 e. The Morgan fingerprint density at radius 1 is 1.13 bits per heavy atom. The van der Waals surface area contributed by atoms with E-state index in [-0.39, 0.29) is 11.7 Å². The van der Waals surface area contributed by atoms with Crippen LogP contribution < -0.4 is 0 Å². The minimum absolute atomic E-state index is 0.100. The number of fused-ring (bicyclic) bond motifs is 1. The highest BCUT2D eigenvalue weighted by Crippen LogP contribution is 2.31. The monoisotopic (exact) mass is 414 g/mol. The van der Waals surface area contributed by atoms with E-state index in [0.29, 0.717) is 23.4 Å². The van der Waals surface area contributed by atoms with Crippen LogP contribution in [0.4, 0.5) is 0 Å². The van der Waals surface area contributed by atoms with Gasteiger partial charge in [-0.1, -0.05) is 24.3 Å². The number of phenols is 1. The van der Waals surface area contributed by atoms with Crippen LogP contribution in [0.25, 0.3) is 22.2 Å². The Balaban J connectivity index is 1.78. The van der Waals surface area contributed by atoms with Crippen molar-refractivity contribution in [1.82, 2.24) is 19.7 Å². The first kappa shape index (κ1) is 20.6. The van der Waals surface area contributed by atoms with Crippen molar-refractivity contribution in [2.75, 3.05) is 7.05 Å². The molecule has 0 saturated heterocycles. The molecule has 31 heavy (non-hydrogen) atoms. The van der Waals surface area contributed by atoms with Crippen LogP contribution in [0, 0.1) is 13.8 Å². The molecule has 1 amide bonds. The molecule has 0 aliphatic heterocycles. The Morgan fingerprint density at radius 3 is 2.61 bits per heavy atom. The first-order valence-corrected chi connectivity index (χ1v) is 10.4. The van der Waals surface area contributed by atoms with Crippen molar-refractivity contribution in [2.45, 2.75) is 33.9 Å². The van der Waals surface area contributed by atoms with Crippen molar-refractivity contribution in [3.8, 4) is 17.0 Å². The average molecular weight is 415 g/mol. The highest BCUT2D eigenvalue weighted by molar-refractivity contribution is 6.07. The van der Waals surface area contributed by atoms with Gasteiger partial charge in [-0.15, -0.1) is 0 Å². The predicted octanol–water partition coefficient (Wildman–Crippen LogP) is 4.71. The van der Waals surface area contributed by atoms with Crippen molar-refractivity contribution in [3.05, 3.63) is 77.1 Å². The molecule has 2 aromatic heterocycles. The van der Waals surface area contributed by atoms with Gasteiger partial charge in [-0.3, -0.25) is 9.48 Å². The average Bonchev–Trinajstić information content (AvgIpc) is 3.11. The molecule has 0 fully saturated rings. The number of rotatable bonds is 5. The summed E-state index contributed by atoms with van der Waals surface area (Å²) < 4.78 is 1.93. The summed E-state index contributed by atoms with van der Waals surface area (Å²) in [6.45, 7) is 7.32. The lowest BCUT2D eigenvalue weighted by Gasteiger charge is -2.19. The topological polar surface area (TPSA) is 71.2 Å². The number of pyridine rings is 1. The van der Waals surface area contributed by atoms with Gasteiger partial charge in [0.1, 0.15) is 5.75 Å². The number of hydrogen-bond donors (Lipinski definition) is 1. The molecule has 158 valence electrons. The van der Waals surface area contributed by atoms with Gasteiger partial charge in [-0.2, -0.15) is 5.10 Å². The standard InChI is InChI=1S/C25H26N4O2/c1-5-29-17(3)18(14-26-29)15-28(4)25(31)21-13-23(20-8-6-7-9-24(20)30)27-22-12-16(2)10-11-19(21)22/h6-14,30H,5,15H2,1-4H3. The highest BCUT2D eigenvalue weighted by atomic mass is 16.3. The van der Waals surface area contributed by atoms with Gasteiger partial charge in [-0.05, 0) is 50.6 Å². The van der Waals surface area contributed by atoms with E-state index in [1.54, 1.807) is 36.2 Å². The van der Waals surface area contributed by atoms with Crippen LogP contribution in [0.15, 0.2) is 54.7 Å². The fourth-order valence-corrected chi connectivity index (χ4v) is 3.84. The molecule has 0 aliphatic rings. The van der Waals surface area contributed by atoms with Gasteiger partial charge in [-0.25, -0.2) is 4.98 Å². The Morgan fingerprint density at radius 2 is 1.90 bits per heavy atom. The lowest BCUT2D eigenvalue weighted by Crippen LogP contribution is -2.26. The van der Waals surface area contributed by atoms with Gasteiger partial charge in [0.2, 0.25) is 0 Å². The first-order valence-electron chi connectivity index (χ1n) is 10.4. The third-order valence-corrected chi connectivity index (χ3v) is 5.63. The van der Waals surface area contributed by atoms with Crippen LogP contribution in [-0.2, 0) is 13.1 Å². The van der Waals surface area contributed by atoms with Crippen LogP contribution >= 0.6 is 0 Å². The normalized spacial score (nSPS) is 11.1. The number of carbonyl (C=O) groups excluding carboxylic acids is 1. The summed E-state index contributed by atoms with van der Waals surface area (Å²) in [7, 11) is 1.80. The van der Waals surface area contributed by atoms with Gasteiger partial charge < -0.3 is 10.0 Å². The highest BCUT2D eigenvalue weighted by Gasteiger charge is 2.20. The third kappa shape index (κ3) is 3.89. The van der Waals surface area contributed by atoms with Crippen molar-refractivity contribution in [1.29, 1.82) is 0 Å². The summed E-state index contributed by atoms with van der Waals surface area (Å²) >= 11 is 0. The van der Waals surface area contributed by atoms with Crippen molar-refractivity contribution in [3.63, 3.8) is 0 Å². The number of aromatic hydroxyl groups is 1. The maximum Gasteiger partial charge on any atom is 0.254 e. The zero-order valence-corrected chi connectivity index (χ0v) is 18.3. The lowest BCUT2D eigenvalue weighted by atomic mass is 10.0. The molecule has 0 aliphatic carbocycles. The van der Waals surface area contributed by atoms with Gasteiger partial charge in [0, 0.05) is 42.3 Å². The summed E-state index contributed by atoms with van der Waals surface area (Å²) in [5.74, 6) is 0.0351. The molecule has 6 heteroatoms. The van der Waals surface area contributed by atoms with Crippen LogP contribution in [-0.4, -0.2) is 37.7 Å². The molecule has 2 heterocycles. The summed E-state index contributed by atoms with van der Waals surface area (Å²) in [5.41, 5.74) is 5.60. The number of benzene rings is 2. The van der Waals surface area contributed by atoms with E-state index in [4.69, 9.17) is 4.98 Å². The van der Waals surface area contributed by atoms with E-state index in [1.165, 1.54) is 0 Å².